The summed E-state index contributed by atoms with van der Waals surface area (Å²) in [7, 11) is 1.96. The maximum absolute atomic E-state index is 13.6. The Morgan fingerprint density at radius 1 is 1.29 bits per heavy atom. The van der Waals surface area contributed by atoms with Gasteiger partial charge < -0.3 is 14.8 Å². The fourth-order valence-electron chi connectivity index (χ4n) is 3.34. The number of anilines is 1. The van der Waals surface area contributed by atoms with E-state index >= 15 is 0 Å². The van der Waals surface area contributed by atoms with E-state index in [1.807, 2.05) is 29.9 Å². The van der Waals surface area contributed by atoms with Crippen LogP contribution in [0, 0.1) is 17.5 Å². The molecule has 1 aromatic heterocycles. The Balaban J connectivity index is 1.69. The third-order valence-electron chi connectivity index (χ3n) is 4.52. The van der Waals surface area contributed by atoms with E-state index in [4.69, 9.17) is 0 Å². The van der Waals surface area contributed by atoms with Crippen molar-refractivity contribution in [3.63, 3.8) is 0 Å². The molecule has 0 aliphatic carbocycles. The first kappa shape index (κ1) is 16.6. The van der Waals surface area contributed by atoms with Gasteiger partial charge in [-0.3, -0.25) is 4.79 Å². The highest BCUT2D eigenvalue weighted by Crippen LogP contribution is 2.20. The molecule has 1 fully saturated rings. The first-order chi connectivity index (χ1) is 11.5. The van der Waals surface area contributed by atoms with Gasteiger partial charge in [0.2, 0.25) is 0 Å². The van der Waals surface area contributed by atoms with Crippen LogP contribution in [0.15, 0.2) is 30.5 Å². The number of rotatable bonds is 4. The Bertz CT molecular complexity index is 760. The molecule has 0 saturated carbocycles. The smallest absolute Gasteiger partial charge is 0.279 e. The molecule has 1 saturated heterocycles. The molecule has 2 atom stereocenters. The van der Waals surface area contributed by atoms with Crippen LogP contribution in [0.2, 0.25) is 0 Å². The molecule has 1 amide bonds. The average molecular weight is 338 g/mol. The van der Waals surface area contributed by atoms with Crippen LogP contribution in [0.4, 0.5) is 18.9 Å². The van der Waals surface area contributed by atoms with Crippen LogP contribution in [-0.2, 0) is 11.8 Å². The van der Waals surface area contributed by atoms with Crippen LogP contribution in [0.3, 0.4) is 0 Å². The van der Waals surface area contributed by atoms with Crippen LogP contribution < -0.4 is 10.2 Å². The molecular weight excluding hydrogens is 319 g/mol. The summed E-state index contributed by atoms with van der Waals surface area (Å²) >= 11 is 0. The molecule has 1 unspecified atom stereocenters. The van der Waals surface area contributed by atoms with Gasteiger partial charge in [0.05, 0.1) is 17.9 Å². The highest BCUT2D eigenvalue weighted by molar-refractivity contribution is 5.91. The zero-order valence-corrected chi connectivity index (χ0v) is 13.3. The molecule has 128 valence electrons. The number of halogens is 3. The van der Waals surface area contributed by atoms with Gasteiger partial charge in [0.1, 0.15) is 6.04 Å². The number of benzene rings is 1. The lowest BCUT2D eigenvalue weighted by atomic mass is 10.1. The number of amides is 1. The summed E-state index contributed by atoms with van der Waals surface area (Å²) < 4.78 is 41.8. The van der Waals surface area contributed by atoms with E-state index in [0.29, 0.717) is 0 Å². The number of aromatic nitrogens is 1. The summed E-state index contributed by atoms with van der Waals surface area (Å²) in [5.74, 6) is -4.66. The van der Waals surface area contributed by atoms with Crippen molar-refractivity contribution in [3.8, 4) is 0 Å². The van der Waals surface area contributed by atoms with Gasteiger partial charge in [0, 0.05) is 26.1 Å². The lowest BCUT2D eigenvalue weighted by Gasteiger charge is -2.21. The van der Waals surface area contributed by atoms with Crippen molar-refractivity contribution in [2.24, 2.45) is 7.05 Å². The monoisotopic (exact) mass is 338 g/mol. The van der Waals surface area contributed by atoms with E-state index < -0.39 is 23.4 Å². The molecule has 2 N–H and O–H groups in total. The minimum absolute atomic E-state index is 0.147. The standard InChI is InChI=1S/C17H18F3N3O/c1-22-8-2-4-13(22)14-5-3-9-23(14)10-15(24)21-12-7-6-11(18)16(19)17(12)20/h2,4,6-8,14H,3,5,9-10H2,1H3,(H,21,24)/p+1/t14-/m1/s1. The summed E-state index contributed by atoms with van der Waals surface area (Å²) in [6, 6.07) is 6.01. The SMILES string of the molecule is Cn1cccc1[C@H]1CCC[NH+]1CC(=O)Nc1ccc(F)c(F)c1F. The number of aryl methyl sites for hydroxylation is 1. The highest BCUT2D eigenvalue weighted by atomic mass is 19.2. The summed E-state index contributed by atoms with van der Waals surface area (Å²) in [6.07, 6.45) is 3.93. The van der Waals surface area contributed by atoms with Crippen molar-refractivity contribution in [1.82, 2.24) is 4.57 Å². The molecule has 2 aromatic rings. The Kier molecular flexibility index (Phi) is 4.62. The third kappa shape index (κ3) is 3.17. The predicted molar refractivity (Wildman–Crippen MR) is 83.0 cm³/mol. The van der Waals surface area contributed by atoms with Crippen LogP contribution >= 0.6 is 0 Å². The molecule has 0 spiro atoms. The van der Waals surface area contributed by atoms with Gasteiger partial charge in [0.25, 0.3) is 5.91 Å². The number of likely N-dealkylation sites (tertiary alicyclic amines) is 1. The van der Waals surface area contributed by atoms with Crippen molar-refractivity contribution < 1.29 is 22.9 Å². The van der Waals surface area contributed by atoms with Gasteiger partial charge in [-0.2, -0.15) is 0 Å². The van der Waals surface area contributed by atoms with Gasteiger partial charge in [-0.15, -0.1) is 0 Å². The maximum atomic E-state index is 13.6. The second-order valence-corrected chi connectivity index (χ2v) is 6.09. The first-order valence-corrected chi connectivity index (χ1v) is 7.86. The lowest BCUT2D eigenvalue weighted by molar-refractivity contribution is -0.910. The molecule has 24 heavy (non-hydrogen) atoms. The summed E-state index contributed by atoms with van der Waals surface area (Å²) in [6.45, 7) is 0.984. The van der Waals surface area contributed by atoms with Crippen molar-refractivity contribution in [1.29, 1.82) is 0 Å². The van der Waals surface area contributed by atoms with Crippen LogP contribution in [0.1, 0.15) is 24.6 Å². The lowest BCUT2D eigenvalue weighted by Crippen LogP contribution is -3.11. The average Bonchev–Trinajstić information content (AvgIpc) is 3.16. The molecular formula is C17H19F3N3O+. The van der Waals surface area contributed by atoms with E-state index in [-0.39, 0.29) is 18.3 Å². The minimum atomic E-state index is -1.58. The predicted octanol–water partition coefficient (Wildman–Crippen LogP) is 1.80. The summed E-state index contributed by atoms with van der Waals surface area (Å²) in [5, 5.41) is 2.34. The molecule has 0 radical (unpaired) electrons. The van der Waals surface area contributed by atoms with Crippen LogP contribution in [0.25, 0.3) is 0 Å². The number of hydrogen-bond acceptors (Lipinski definition) is 1. The molecule has 1 aliphatic heterocycles. The number of nitrogens with zero attached hydrogens (tertiary/aromatic N) is 1. The topological polar surface area (TPSA) is 38.5 Å². The Morgan fingerprint density at radius 3 is 2.79 bits per heavy atom. The number of carbonyl (C=O) groups excluding carboxylic acids is 1. The molecule has 1 aromatic carbocycles. The number of hydrogen-bond donors (Lipinski definition) is 2. The first-order valence-electron chi connectivity index (χ1n) is 7.86. The van der Waals surface area contributed by atoms with Crippen molar-refractivity contribution in [2.45, 2.75) is 18.9 Å². The van der Waals surface area contributed by atoms with E-state index in [2.05, 4.69) is 5.32 Å². The summed E-state index contributed by atoms with van der Waals surface area (Å²) in [5.41, 5.74) is 0.808. The fraction of sp³-hybridized carbons (Fsp3) is 0.353. The van der Waals surface area contributed by atoms with Crippen molar-refractivity contribution in [2.75, 3.05) is 18.4 Å². The maximum Gasteiger partial charge on any atom is 0.279 e. The highest BCUT2D eigenvalue weighted by Gasteiger charge is 2.33. The van der Waals surface area contributed by atoms with E-state index in [1.54, 1.807) is 0 Å². The number of quaternary nitrogens is 1. The second kappa shape index (κ2) is 6.68. The van der Waals surface area contributed by atoms with Crippen molar-refractivity contribution in [3.05, 3.63) is 53.6 Å². The Labute approximate surface area is 137 Å². The number of carbonyl (C=O) groups is 1. The summed E-state index contributed by atoms with van der Waals surface area (Å²) in [4.78, 5) is 13.3. The zero-order chi connectivity index (χ0) is 17.3. The van der Waals surface area contributed by atoms with Gasteiger partial charge >= 0.3 is 0 Å². The molecule has 1 aliphatic rings. The Morgan fingerprint density at radius 2 is 2.08 bits per heavy atom. The quantitative estimate of drug-likeness (QED) is 0.820. The third-order valence-corrected chi connectivity index (χ3v) is 4.52. The van der Waals surface area contributed by atoms with Gasteiger partial charge in [-0.1, -0.05) is 0 Å². The molecule has 3 rings (SSSR count). The van der Waals surface area contributed by atoms with Gasteiger partial charge in [0.15, 0.2) is 24.0 Å². The van der Waals surface area contributed by atoms with Gasteiger partial charge in [-0.25, -0.2) is 13.2 Å². The van der Waals surface area contributed by atoms with E-state index in [1.165, 1.54) is 0 Å². The zero-order valence-electron chi connectivity index (χ0n) is 13.3. The largest absolute Gasteiger partial charge is 0.350 e. The van der Waals surface area contributed by atoms with E-state index in [0.717, 1.165) is 42.1 Å². The minimum Gasteiger partial charge on any atom is -0.350 e. The fourth-order valence-corrected chi connectivity index (χ4v) is 3.34. The number of nitrogens with one attached hydrogen (secondary N) is 2. The molecule has 4 nitrogen and oxygen atoms in total. The molecule has 7 heteroatoms. The van der Waals surface area contributed by atoms with Gasteiger partial charge in [-0.05, 0) is 24.3 Å². The van der Waals surface area contributed by atoms with E-state index in [9.17, 15) is 18.0 Å². The normalized spacial score (nSPS) is 20.3. The second-order valence-electron chi connectivity index (χ2n) is 6.09. The molecule has 0 bridgehead atoms. The van der Waals surface area contributed by atoms with Crippen LogP contribution in [0.5, 0.6) is 0 Å². The van der Waals surface area contributed by atoms with Crippen molar-refractivity contribution >= 4 is 11.6 Å². The van der Waals surface area contributed by atoms with Crippen LogP contribution in [-0.4, -0.2) is 23.6 Å². The molecule has 2 heterocycles. The Hall–Kier alpha value is -2.28.